The van der Waals surface area contributed by atoms with Crippen LogP contribution in [0.1, 0.15) is 42.6 Å². The van der Waals surface area contributed by atoms with Gasteiger partial charge in [-0.05, 0) is 98.2 Å². The Bertz CT molecular complexity index is 1290. The zero-order valence-corrected chi connectivity index (χ0v) is 21.9. The first-order chi connectivity index (χ1) is 17.5. The summed E-state index contributed by atoms with van der Waals surface area (Å²) >= 11 is 1.57. The van der Waals surface area contributed by atoms with Crippen molar-refractivity contribution in [2.75, 3.05) is 33.4 Å². The zero-order valence-electron chi connectivity index (χ0n) is 21.1. The number of carbonyl (C=O) groups excluding carboxylic acids is 1. The van der Waals surface area contributed by atoms with Crippen molar-refractivity contribution in [1.29, 1.82) is 0 Å². The van der Waals surface area contributed by atoms with Crippen LogP contribution in [-0.4, -0.2) is 49.1 Å². The Labute approximate surface area is 216 Å². The van der Waals surface area contributed by atoms with Crippen molar-refractivity contribution in [2.24, 2.45) is 0 Å². The molecule has 0 amide bonds. The Morgan fingerprint density at radius 3 is 2.19 bits per heavy atom. The molecular formula is C30H33NO4S. The van der Waals surface area contributed by atoms with Crippen molar-refractivity contribution in [3.63, 3.8) is 0 Å². The Morgan fingerprint density at radius 1 is 0.889 bits per heavy atom. The highest BCUT2D eigenvalue weighted by Gasteiger charge is 2.22. The van der Waals surface area contributed by atoms with Crippen LogP contribution in [0.25, 0.3) is 20.5 Å². The van der Waals surface area contributed by atoms with Crippen LogP contribution in [0.15, 0.2) is 66.7 Å². The van der Waals surface area contributed by atoms with Crippen LogP contribution in [-0.2, 0) is 0 Å². The molecule has 0 unspecified atom stereocenters. The van der Waals surface area contributed by atoms with E-state index in [1.807, 2.05) is 42.5 Å². The second kappa shape index (κ2) is 12.1. The number of hydrogen-bond acceptors (Lipinski definition) is 6. The Morgan fingerprint density at radius 2 is 1.56 bits per heavy atom. The zero-order chi connectivity index (χ0) is 25.5. The van der Waals surface area contributed by atoms with Crippen LogP contribution < -0.4 is 9.47 Å². The number of phenols is 1. The van der Waals surface area contributed by atoms with E-state index in [-0.39, 0.29) is 11.5 Å². The van der Waals surface area contributed by atoms with Gasteiger partial charge in [-0.3, -0.25) is 9.69 Å². The Kier molecular flexibility index (Phi) is 8.62. The summed E-state index contributed by atoms with van der Waals surface area (Å²) in [5.41, 5.74) is 2.16. The van der Waals surface area contributed by atoms with Gasteiger partial charge in [-0.25, -0.2) is 0 Å². The van der Waals surface area contributed by atoms with Gasteiger partial charge in [-0.2, -0.15) is 0 Å². The number of benzene rings is 3. The molecule has 6 heteroatoms. The van der Waals surface area contributed by atoms with Gasteiger partial charge in [0.15, 0.2) is 5.78 Å². The molecule has 5 nitrogen and oxygen atoms in total. The van der Waals surface area contributed by atoms with Gasteiger partial charge in [0.05, 0.1) is 7.11 Å². The third kappa shape index (κ3) is 5.89. The molecule has 0 fully saturated rings. The molecule has 0 spiro atoms. The SMILES string of the molecule is CCCN(CCC)CCOc1ccc(-c2sc3cc(OC)ccc3c2C(=O)c2ccc(O)cc2)cc1. The average molecular weight is 504 g/mol. The lowest BCUT2D eigenvalue weighted by atomic mass is 9.97. The van der Waals surface area contributed by atoms with Gasteiger partial charge < -0.3 is 14.6 Å². The third-order valence-corrected chi connectivity index (χ3v) is 7.33. The lowest BCUT2D eigenvalue weighted by molar-refractivity contribution is 0.104. The van der Waals surface area contributed by atoms with E-state index in [0.29, 0.717) is 17.7 Å². The minimum atomic E-state index is -0.0753. The molecule has 0 bridgehead atoms. The lowest BCUT2D eigenvalue weighted by Gasteiger charge is -2.20. The van der Waals surface area contributed by atoms with Gasteiger partial charge in [-0.15, -0.1) is 11.3 Å². The normalized spacial score (nSPS) is 11.2. The third-order valence-electron chi connectivity index (χ3n) is 6.13. The number of carbonyl (C=O) groups is 1. The molecule has 0 radical (unpaired) electrons. The molecule has 0 atom stereocenters. The van der Waals surface area contributed by atoms with Gasteiger partial charge in [0.25, 0.3) is 0 Å². The molecule has 1 aromatic heterocycles. The standard InChI is InChI=1S/C30H33NO4S/c1-4-16-31(17-5-2)18-19-35-24-12-8-22(9-13-24)30-28(29(33)21-6-10-23(32)11-7-21)26-15-14-25(34-3)20-27(26)36-30/h6-15,20,32H,4-5,16-19H2,1-3H3. The number of phenolic OH excluding ortho intramolecular Hbond substituents is 1. The quantitative estimate of drug-likeness (QED) is 0.211. The minimum absolute atomic E-state index is 0.0753. The van der Waals surface area contributed by atoms with Gasteiger partial charge in [0.1, 0.15) is 23.9 Å². The van der Waals surface area contributed by atoms with E-state index in [2.05, 4.69) is 18.7 Å². The number of ether oxygens (including phenoxy) is 2. The summed E-state index contributed by atoms with van der Waals surface area (Å²) < 4.78 is 12.4. The number of nitrogens with zero attached hydrogens (tertiary/aromatic N) is 1. The van der Waals surface area contributed by atoms with Crippen molar-refractivity contribution in [3.8, 4) is 27.7 Å². The first-order valence-corrected chi connectivity index (χ1v) is 13.3. The number of ketones is 1. The van der Waals surface area contributed by atoms with Crippen LogP contribution in [0, 0.1) is 0 Å². The molecular weight excluding hydrogens is 470 g/mol. The van der Waals surface area contributed by atoms with Gasteiger partial charge in [0, 0.05) is 32.6 Å². The number of thiophene rings is 1. The molecule has 1 N–H and O–H groups in total. The molecule has 0 saturated heterocycles. The highest BCUT2D eigenvalue weighted by Crippen LogP contribution is 2.41. The molecule has 0 aliphatic rings. The second-order valence-electron chi connectivity index (χ2n) is 8.76. The van der Waals surface area contributed by atoms with Gasteiger partial charge in [0.2, 0.25) is 0 Å². The number of methoxy groups -OCH3 is 1. The highest BCUT2D eigenvalue weighted by atomic mass is 32.1. The molecule has 0 aliphatic heterocycles. The maximum absolute atomic E-state index is 13.6. The van der Waals surface area contributed by atoms with Crippen molar-refractivity contribution in [1.82, 2.24) is 4.90 Å². The summed E-state index contributed by atoms with van der Waals surface area (Å²) in [5, 5.41) is 10.6. The molecule has 36 heavy (non-hydrogen) atoms. The second-order valence-corrected chi connectivity index (χ2v) is 9.81. The van der Waals surface area contributed by atoms with E-state index in [1.165, 1.54) is 0 Å². The van der Waals surface area contributed by atoms with E-state index in [0.717, 1.165) is 64.5 Å². The van der Waals surface area contributed by atoms with Crippen LogP contribution in [0.2, 0.25) is 0 Å². The first kappa shape index (κ1) is 25.7. The van der Waals surface area contributed by atoms with E-state index >= 15 is 0 Å². The highest BCUT2D eigenvalue weighted by molar-refractivity contribution is 7.22. The number of aromatic hydroxyl groups is 1. The van der Waals surface area contributed by atoms with Crippen LogP contribution in [0.5, 0.6) is 17.2 Å². The summed E-state index contributed by atoms with van der Waals surface area (Å²) in [6.07, 6.45) is 2.28. The molecule has 0 aliphatic carbocycles. The first-order valence-electron chi connectivity index (χ1n) is 12.4. The van der Waals surface area contributed by atoms with Crippen molar-refractivity contribution in [2.45, 2.75) is 26.7 Å². The molecule has 3 aromatic carbocycles. The summed E-state index contributed by atoms with van der Waals surface area (Å²) in [6.45, 7) is 8.13. The molecule has 0 saturated carbocycles. The summed E-state index contributed by atoms with van der Waals surface area (Å²) in [7, 11) is 1.64. The molecule has 1 heterocycles. The van der Waals surface area contributed by atoms with E-state index in [4.69, 9.17) is 9.47 Å². The van der Waals surface area contributed by atoms with E-state index in [1.54, 1.807) is 42.7 Å². The lowest BCUT2D eigenvalue weighted by Crippen LogP contribution is -2.30. The topological polar surface area (TPSA) is 59.0 Å². The molecule has 4 aromatic rings. The summed E-state index contributed by atoms with van der Waals surface area (Å²) in [4.78, 5) is 17.0. The monoisotopic (exact) mass is 503 g/mol. The van der Waals surface area contributed by atoms with Crippen molar-refractivity contribution >= 4 is 27.2 Å². The Balaban J connectivity index is 1.61. The van der Waals surface area contributed by atoms with Gasteiger partial charge >= 0.3 is 0 Å². The number of rotatable bonds is 12. The van der Waals surface area contributed by atoms with E-state index in [9.17, 15) is 9.90 Å². The van der Waals surface area contributed by atoms with Crippen molar-refractivity contribution in [3.05, 3.63) is 77.9 Å². The number of fused-ring (bicyclic) bond motifs is 1. The van der Waals surface area contributed by atoms with Crippen LogP contribution >= 0.6 is 11.3 Å². The largest absolute Gasteiger partial charge is 0.508 e. The molecule has 188 valence electrons. The predicted octanol–water partition coefficient (Wildman–Crippen LogP) is 7.01. The Hall–Kier alpha value is -3.35. The molecule has 4 rings (SSSR count). The maximum Gasteiger partial charge on any atom is 0.195 e. The van der Waals surface area contributed by atoms with Crippen LogP contribution in [0.4, 0.5) is 0 Å². The van der Waals surface area contributed by atoms with Gasteiger partial charge in [-0.1, -0.05) is 13.8 Å². The summed E-state index contributed by atoms with van der Waals surface area (Å²) in [5.74, 6) is 1.63. The maximum atomic E-state index is 13.6. The fraction of sp³-hybridized carbons (Fsp3) is 0.300. The fourth-order valence-electron chi connectivity index (χ4n) is 4.35. The minimum Gasteiger partial charge on any atom is -0.508 e. The van der Waals surface area contributed by atoms with Crippen LogP contribution in [0.3, 0.4) is 0 Å². The smallest absolute Gasteiger partial charge is 0.195 e. The average Bonchev–Trinajstić information content (AvgIpc) is 3.28. The fourth-order valence-corrected chi connectivity index (χ4v) is 5.59. The predicted molar refractivity (Wildman–Crippen MR) is 148 cm³/mol. The van der Waals surface area contributed by atoms with E-state index < -0.39 is 0 Å². The van der Waals surface area contributed by atoms with Crippen molar-refractivity contribution < 1.29 is 19.4 Å². The summed E-state index contributed by atoms with van der Waals surface area (Å²) in [6, 6.07) is 20.2. The number of hydrogen-bond donors (Lipinski definition) is 1.